The Morgan fingerprint density at radius 2 is 2.15 bits per heavy atom. The van der Waals surface area contributed by atoms with Crippen molar-refractivity contribution in [2.24, 2.45) is 0 Å². The van der Waals surface area contributed by atoms with Crippen molar-refractivity contribution in [3.05, 3.63) is 18.1 Å². The second-order valence-corrected chi connectivity index (χ2v) is 5.44. The molecule has 1 saturated heterocycles. The van der Waals surface area contributed by atoms with Crippen molar-refractivity contribution in [2.45, 2.75) is 39.2 Å². The zero-order chi connectivity index (χ0) is 13.9. The van der Waals surface area contributed by atoms with Crippen LogP contribution in [0.3, 0.4) is 0 Å². The fourth-order valence-corrected chi connectivity index (χ4v) is 2.80. The van der Waals surface area contributed by atoms with Crippen molar-refractivity contribution in [3.63, 3.8) is 0 Å². The van der Waals surface area contributed by atoms with Gasteiger partial charge >= 0.3 is 0 Å². The van der Waals surface area contributed by atoms with Crippen LogP contribution >= 0.6 is 0 Å². The SMILES string of the molecule is CCCNC1CCN(c2cc(C)nc3ncnn23)CC1. The van der Waals surface area contributed by atoms with E-state index in [1.165, 1.54) is 19.3 Å². The lowest BCUT2D eigenvalue weighted by Crippen LogP contribution is -2.43. The average Bonchev–Trinajstić information content (AvgIpc) is 2.93. The molecule has 0 spiro atoms. The van der Waals surface area contributed by atoms with Gasteiger partial charge in [-0.3, -0.25) is 0 Å². The van der Waals surface area contributed by atoms with Crippen LogP contribution in [-0.2, 0) is 0 Å². The Hall–Kier alpha value is -1.69. The largest absolute Gasteiger partial charge is 0.356 e. The number of nitrogens with one attached hydrogen (secondary N) is 1. The minimum atomic E-state index is 0.653. The third kappa shape index (κ3) is 2.60. The predicted octanol–water partition coefficient (Wildman–Crippen LogP) is 1.40. The zero-order valence-electron chi connectivity index (χ0n) is 12.2. The van der Waals surface area contributed by atoms with Crippen molar-refractivity contribution in [3.8, 4) is 0 Å². The van der Waals surface area contributed by atoms with Gasteiger partial charge in [0.1, 0.15) is 12.1 Å². The standard InChI is InChI=1S/C14H22N6/c1-3-6-15-12-4-7-19(8-5-12)13-9-11(2)18-14-16-10-17-20(13)14/h9-10,12,15H,3-8H2,1-2H3. The Bertz CT molecular complexity index is 570. The molecule has 0 amide bonds. The molecule has 2 aromatic rings. The maximum Gasteiger partial charge on any atom is 0.254 e. The second kappa shape index (κ2) is 5.75. The van der Waals surface area contributed by atoms with Gasteiger partial charge in [0, 0.05) is 30.9 Å². The van der Waals surface area contributed by atoms with Crippen molar-refractivity contribution < 1.29 is 0 Å². The number of hydrogen-bond acceptors (Lipinski definition) is 5. The molecule has 0 aliphatic carbocycles. The van der Waals surface area contributed by atoms with Crippen molar-refractivity contribution >= 4 is 11.6 Å². The Labute approximate surface area is 119 Å². The molecule has 0 aromatic carbocycles. The molecule has 1 aliphatic heterocycles. The maximum atomic E-state index is 4.40. The quantitative estimate of drug-likeness (QED) is 0.913. The number of anilines is 1. The van der Waals surface area contributed by atoms with Gasteiger partial charge in [0.15, 0.2) is 0 Å². The van der Waals surface area contributed by atoms with Crippen LogP contribution in [0.5, 0.6) is 0 Å². The first-order valence-corrected chi connectivity index (χ1v) is 7.43. The first-order valence-electron chi connectivity index (χ1n) is 7.43. The summed E-state index contributed by atoms with van der Waals surface area (Å²) in [5, 5.41) is 7.90. The van der Waals surface area contributed by atoms with Gasteiger partial charge in [-0.05, 0) is 32.7 Å². The van der Waals surface area contributed by atoms with E-state index in [1.54, 1.807) is 6.33 Å². The fourth-order valence-electron chi connectivity index (χ4n) is 2.80. The molecule has 2 aromatic heterocycles. The van der Waals surface area contributed by atoms with Gasteiger partial charge in [-0.15, -0.1) is 0 Å². The summed E-state index contributed by atoms with van der Waals surface area (Å²) in [7, 11) is 0. The summed E-state index contributed by atoms with van der Waals surface area (Å²) in [6.45, 7) is 7.45. The highest BCUT2D eigenvalue weighted by Gasteiger charge is 2.21. The smallest absolute Gasteiger partial charge is 0.254 e. The van der Waals surface area contributed by atoms with Crippen LogP contribution in [0.25, 0.3) is 5.78 Å². The predicted molar refractivity (Wildman–Crippen MR) is 79.0 cm³/mol. The fraction of sp³-hybridized carbons (Fsp3) is 0.643. The number of aryl methyl sites for hydroxylation is 1. The number of rotatable bonds is 4. The molecule has 3 heterocycles. The molecular weight excluding hydrogens is 252 g/mol. The molecule has 6 heteroatoms. The summed E-state index contributed by atoms with van der Waals surface area (Å²) in [6.07, 6.45) is 5.12. The Balaban J connectivity index is 1.75. The van der Waals surface area contributed by atoms with Gasteiger partial charge in [0.25, 0.3) is 5.78 Å². The molecule has 1 N–H and O–H groups in total. The molecule has 0 unspecified atom stereocenters. The van der Waals surface area contributed by atoms with Gasteiger partial charge < -0.3 is 10.2 Å². The van der Waals surface area contributed by atoms with Gasteiger partial charge in [0.2, 0.25) is 0 Å². The lowest BCUT2D eigenvalue weighted by molar-refractivity contribution is 0.413. The van der Waals surface area contributed by atoms with Crippen LogP contribution in [0, 0.1) is 6.92 Å². The summed E-state index contributed by atoms with van der Waals surface area (Å²) in [5.74, 6) is 1.80. The molecule has 0 radical (unpaired) electrons. The summed E-state index contributed by atoms with van der Waals surface area (Å²) >= 11 is 0. The van der Waals surface area contributed by atoms with E-state index in [4.69, 9.17) is 0 Å². The van der Waals surface area contributed by atoms with Gasteiger partial charge in [-0.2, -0.15) is 14.6 Å². The highest BCUT2D eigenvalue weighted by molar-refractivity contribution is 5.47. The van der Waals surface area contributed by atoms with Crippen LogP contribution in [-0.4, -0.2) is 45.3 Å². The molecular formula is C14H22N6. The highest BCUT2D eigenvalue weighted by Crippen LogP contribution is 2.20. The molecule has 3 rings (SSSR count). The molecule has 108 valence electrons. The van der Waals surface area contributed by atoms with Crippen LogP contribution in [0.1, 0.15) is 31.9 Å². The number of fused-ring (bicyclic) bond motifs is 1. The van der Waals surface area contributed by atoms with E-state index in [9.17, 15) is 0 Å². The average molecular weight is 274 g/mol. The number of piperidine rings is 1. The lowest BCUT2D eigenvalue weighted by atomic mass is 10.0. The normalized spacial score (nSPS) is 17.0. The summed E-state index contributed by atoms with van der Waals surface area (Å²) in [6, 6.07) is 2.75. The van der Waals surface area contributed by atoms with Crippen LogP contribution in [0.2, 0.25) is 0 Å². The van der Waals surface area contributed by atoms with Crippen molar-refractivity contribution in [1.82, 2.24) is 24.9 Å². The molecule has 1 aliphatic rings. The molecule has 1 fully saturated rings. The summed E-state index contributed by atoms with van der Waals surface area (Å²) < 4.78 is 1.84. The third-order valence-electron chi connectivity index (χ3n) is 3.86. The molecule has 6 nitrogen and oxygen atoms in total. The molecule has 20 heavy (non-hydrogen) atoms. The number of aromatic nitrogens is 4. The Kier molecular flexibility index (Phi) is 3.82. The van der Waals surface area contributed by atoms with Gasteiger partial charge in [-0.25, -0.2) is 4.98 Å². The summed E-state index contributed by atoms with van der Waals surface area (Å²) in [5.41, 5.74) is 0.992. The third-order valence-corrected chi connectivity index (χ3v) is 3.86. The van der Waals surface area contributed by atoms with Crippen molar-refractivity contribution in [1.29, 1.82) is 0 Å². The molecule has 0 saturated carbocycles. The van der Waals surface area contributed by atoms with Crippen LogP contribution < -0.4 is 10.2 Å². The van der Waals surface area contributed by atoms with E-state index in [0.29, 0.717) is 11.8 Å². The first-order chi connectivity index (χ1) is 9.78. The van der Waals surface area contributed by atoms with Crippen LogP contribution in [0.15, 0.2) is 12.4 Å². The van der Waals surface area contributed by atoms with E-state index in [0.717, 1.165) is 31.1 Å². The van der Waals surface area contributed by atoms with E-state index in [1.807, 2.05) is 11.4 Å². The molecule has 0 atom stereocenters. The maximum absolute atomic E-state index is 4.40. The van der Waals surface area contributed by atoms with E-state index in [2.05, 4.69) is 38.3 Å². The Morgan fingerprint density at radius 3 is 2.90 bits per heavy atom. The monoisotopic (exact) mass is 274 g/mol. The number of nitrogens with zero attached hydrogens (tertiary/aromatic N) is 5. The first kappa shape index (κ1) is 13.3. The van der Waals surface area contributed by atoms with Gasteiger partial charge in [0.05, 0.1) is 0 Å². The van der Waals surface area contributed by atoms with Crippen molar-refractivity contribution in [2.75, 3.05) is 24.5 Å². The van der Waals surface area contributed by atoms with E-state index < -0.39 is 0 Å². The van der Waals surface area contributed by atoms with E-state index in [-0.39, 0.29) is 0 Å². The highest BCUT2D eigenvalue weighted by atomic mass is 15.4. The Morgan fingerprint density at radius 1 is 1.35 bits per heavy atom. The number of hydrogen-bond donors (Lipinski definition) is 1. The summed E-state index contributed by atoms with van der Waals surface area (Å²) in [4.78, 5) is 11.0. The zero-order valence-corrected chi connectivity index (χ0v) is 12.2. The second-order valence-electron chi connectivity index (χ2n) is 5.44. The molecule has 0 bridgehead atoms. The topological polar surface area (TPSA) is 58.3 Å². The van der Waals surface area contributed by atoms with Crippen LogP contribution in [0.4, 0.5) is 5.82 Å². The minimum Gasteiger partial charge on any atom is -0.356 e. The van der Waals surface area contributed by atoms with E-state index >= 15 is 0 Å². The minimum absolute atomic E-state index is 0.653. The lowest BCUT2D eigenvalue weighted by Gasteiger charge is -2.33. The van der Waals surface area contributed by atoms with Gasteiger partial charge in [-0.1, -0.05) is 6.92 Å².